The third kappa shape index (κ3) is 2.53. The lowest BCUT2D eigenvalue weighted by atomic mass is 10.1. The van der Waals surface area contributed by atoms with E-state index in [-0.39, 0.29) is 23.5 Å². The van der Waals surface area contributed by atoms with Gasteiger partial charge in [-0.1, -0.05) is 0 Å². The van der Waals surface area contributed by atoms with Crippen LogP contribution in [0.2, 0.25) is 0 Å². The van der Waals surface area contributed by atoms with Crippen molar-refractivity contribution in [1.29, 1.82) is 0 Å². The molecule has 3 heterocycles. The Labute approximate surface area is 131 Å². The van der Waals surface area contributed by atoms with Crippen molar-refractivity contribution in [1.82, 2.24) is 9.55 Å². The summed E-state index contributed by atoms with van der Waals surface area (Å²) < 4.78 is 19.3. The Morgan fingerprint density at radius 2 is 2.14 bits per heavy atom. The molecule has 8 nitrogen and oxygen atoms in total. The predicted octanol–water partition coefficient (Wildman–Crippen LogP) is -0.226. The molecule has 4 atom stereocenters. The largest absolute Gasteiger partial charge is 0.394 e. The molecule has 0 aliphatic carbocycles. The van der Waals surface area contributed by atoms with Crippen molar-refractivity contribution in [3.63, 3.8) is 0 Å². The van der Waals surface area contributed by atoms with E-state index in [1.807, 2.05) is 0 Å². The molecular weight excluding hydrogens is 310 g/mol. The van der Waals surface area contributed by atoms with Crippen LogP contribution in [0, 0.1) is 4.77 Å². The maximum Gasteiger partial charge on any atom is 0.256 e. The molecule has 2 saturated heterocycles. The van der Waals surface area contributed by atoms with Crippen LogP contribution >= 0.6 is 12.2 Å². The number of aromatic nitrogens is 2. The van der Waals surface area contributed by atoms with Crippen LogP contribution in [-0.2, 0) is 20.8 Å². The lowest BCUT2D eigenvalue weighted by molar-refractivity contribution is -0.200. The molecule has 9 heteroatoms. The maximum absolute atomic E-state index is 11.7. The number of fused-ring (bicyclic) bond motifs is 1. The van der Waals surface area contributed by atoms with E-state index in [1.54, 1.807) is 24.6 Å². The minimum Gasteiger partial charge on any atom is -0.394 e. The van der Waals surface area contributed by atoms with E-state index in [2.05, 4.69) is 4.98 Å². The first-order valence-electron chi connectivity index (χ1n) is 7.02. The van der Waals surface area contributed by atoms with Gasteiger partial charge in [-0.25, -0.2) is 0 Å². The molecule has 1 unspecified atom stereocenters. The molecule has 2 fully saturated rings. The average Bonchev–Trinajstić information content (AvgIpc) is 2.92. The van der Waals surface area contributed by atoms with E-state index < -0.39 is 30.3 Å². The number of nitrogens with two attached hydrogens (primary N) is 1. The SMILES string of the molecule is CC1(C)OC2[C@@H](O1)[C@@H](CO)O[C@H]2n1cc(CN)c(=O)[nH]c1=S. The third-order valence-electron chi connectivity index (χ3n) is 3.84. The van der Waals surface area contributed by atoms with E-state index in [9.17, 15) is 9.90 Å². The fourth-order valence-electron chi connectivity index (χ4n) is 2.89. The summed E-state index contributed by atoms with van der Waals surface area (Å²) in [5, 5.41) is 9.49. The van der Waals surface area contributed by atoms with Gasteiger partial charge in [-0.15, -0.1) is 0 Å². The van der Waals surface area contributed by atoms with Crippen molar-refractivity contribution < 1.29 is 19.3 Å². The van der Waals surface area contributed by atoms with Crippen molar-refractivity contribution in [2.45, 2.75) is 50.7 Å². The van der Waals surface area contributed by atoms with Gasteiger partial charge in [0.05, 0.1) is 6.61 Å². The number of hydrogen-bond acceptors (Lipinski definition) is 7. The van der Waals surface area contributed by atoms with Crippen molar-refractivity contribution >= 4 is 12.2 Å². The average molecular weight is 329 g/mol. The highest BCUT2D eigenvalue weighted by Gasteiger charge is 2.55. The number of ether oxygens (including phenoxy) is 3. The van der Waals surface area contributed by atoms with Gasteiger partial charge in [0.2, 0.25) is 0 Å². The first-order valence-corrected chi connectivity index (χ1v) is 7.43. The third-order valence-corrected chi connectivity index (χ3v) is 4.15. The van der Waals surface area contributed by atoms with E-state index in [0.29, 0.717) is 5.56 Å². The Balaban J connectivity index is 2.02. The van der Waals surface area contributed by atoms with Gasteiger partial charge in [0.25, 0.3) is 5.56 Å². The van der Waals surface area contributed by atoms with Crippen molar-refractivity contribution in [3.05, 3.63) is 26.9 Å². The molecule has 3 rings (SSSR count). The molecule has 4 N–H and O–H groups in total. The van der Waals surface area contributed by atoms with Crippen LogP contribution in [0.15, 0.2) is 11.0 Å². The number of hydrogen-bond donors (Lipinski definition) is 3. The molecule has 0 radical (unpaired) electrons. The lowest BCUT2D eigenvalue weighted by Gasteiger charge is -2.25. The van der Waals surface area contributed by atoms with Crippen LogP contribution in [0.25, 0.3) is 0 Å². The summed E-state index contributed by atoms with van der Waals surface area (Å²) >= 11 is 5.20. The van der Waals surface area contributed by atoms with Gasteiger partial charge in [-0.05, 0) is 26.1 Å². The second-order valence-electron chi connectivity index (χ2n) is 5.84. The topological polar surface area (TPSA) is 112 Å². The molecule has 22 heavy (non-hydrogen) atoms. The summed E-state index contributed by atoms with van der Waals surface area (Å²) in [6.45, 7) is 3.48. The Hall–Kier alpha value is -1.10. The molecule has 0 spiro atoms. The first kappa shape index (κ1) is 15.8. The number of aliphatic hydroxyl groups is 1. The molecule has 0 saturated carbocycles. The standard InChI is InChI=1S/C13H19N3O5S/c1-13(2)20-8-7(5-17)19-11(9(8)21-13)16-4-6(3-14)10(18)15-12(16)22/h4,7-9,11,17H,3,5,14H2,1-2H3,(H,15,18,22)/t7-,8+,9?,11-/m1/s1. The van der Waals surface area contributed by atoms with Gasteiger partial charge in [0.15, 0.2) is 16.8 Å². The van der Waals surface area contributed by atoms with E-state index in [1.165, 1.54) is 0 Å². The summed E-state index contributed by atoms with van der Waals surface area (Å²) in [6, 6.07) is 0. The molecular formula is C13H19N3O5S. The molecule has 122 valence electrons. The highest BCUT2D eigenvalue weighted by molar-refractivity contribution is 7.71. The zero-order chi connectivity index (χ0) is 16.1. The van der Waals surface area contributed by atoms with Gasteiger partial charge >= 0.3 is 0 Å². The minimum absolute atomic E-state index is 0.0814. The quantitative estimate of drug-likeness (QED) is 0.657. The molecule has 2 aliphatic rings. The normalized spacial score (nSPS) is 33.1. The van der Waals surface area contributed by atoms with Crippen LogP contribution < -0.4 is 11.3 Å². The summed E-state index contributed by atoms with van der Waals surface area (Å²) in [5.41, 5.74) is 5.64. The van der Waals surface area contributed by atoms with E-state index in [4.69, 9.17) is 32.2 Å². The Kier molecular flexibility index (Phi) is 3.96. The number of aliphatic hydroxyl groups excluding tert-OH is 1. The molecule has 1 aromatic rings. The summed E-state index contributed by atoms with van der Waals surface area (Å²) in [4.78, 5) is 14.3. The van der Waals surface area contributed by atoms with Crippen LogP contribution in [0.3, 0.4) is 0 Å². The zero-order valence-corrected chi connectivity index (χ0v) is 13.1. The molecule has 2 aliphatic heterocycles. The number of nitrogens with zero attached hydrogens (tertiary/aromatic N) is 1. The fourth-order valence-corrected chi connectivity index (χ4v) is 3.14. The highest BCUT2D eigenvalue weighted by atomic mass is 32.1. The molecule has 0 aromatic carbocycles. The zero-order valence-electron chi connectivity index (χ0n) is 12.3. The van der Waals surface area contributed by atoms with Crippen LogP contribution in [-0.4, -0.2) is 45.4 Å². The van der Waals surface area contributed by atoms with Crippen LogP contribution in [0.4, 0.5) is 0 Å². The first-order chi connectivity index (χ1) is 10.4. The molecule has 1 aromatic heterocycles. The number of rotatable bonds is 3. The van der Waals surface area contributed by atoms with Crippen molar-refractivity contribution in [2.24, 2.45) is 5.73 Å². The Morgan fingerprint density at radius 3 is 2.77 bits per heavy atom. The van der Waals surface area contributed by atoms with Gasteiger partial charge in [0.1, 0.15) is 18.3 Å². The summed E-state index contributed by atoms with van der Waals surface area (Å²) in [6.07, 6.45) is -0.391. The number of aromatic amines is 1. The smallest absolute Gasteiger partial charge is 0.256 e. The maximum atomic E-state index is 11.7. The number of nitrogens with one attached hydrogen (secondary N) is 1. The monoisotopic (exact) mass is 329 g/mol. The minimum atomic E-state index is -0.772. The van der Waals surface area contributed by atoms with Crippen molar-refractivity contribution in [3.8, 4) is 0 Å². The Morgan fingerprint density at radius 1 is 1.45 bits per heavy atom. The van der Waals surface area contributed by atoms with Gasteiger partial charge in [-0.2, -0.15) is 0 Å². The van der Waals surface area contributed by atoms with E-state index in [0.717, 1.165) is 0 Å². The summed E-state index contributed by atoms with van der Waals surface area (Å²) in [5.74, 6) is -0.772. The molecule has 0 bridgehead atoms. The van der Waals surface area contributed by atoms with E-state index >= 15 is 0 Å². The van der Waals surface area contributed by atoms with Gasteiger partial charge < -0.3 is 25.1 Å². The van der Waals surface area contributed by atoms with Crippen LogP contribution in [0.1, 0.15) is 25.6 Å². The lowest BCUT2D eigenvalue weighted by Crippen LogP contribution is -2.31. The highest BCUT2D eigenvalue weighted by Crippen LogP contribution is 2.42. The molecule has 0 amide bonds. The van der Waals surface area contributed by atoms with Gasteiger partial charge in [0, 0.05) is 18.3 Å². The van der Waals surface area contributed by atoms with Crippen LogP contribution in [0.5, 0.6) is 0 Å². The van der Waals surface area contributed by atoms with Crippen molar-refractivity contribution in [2.75, 3.05) is 6.61 Å². The second kappa shape index (κ2) is 5.52. The summed E-state index contributed by atoms with van der Waals surface area (Å²) in [7, 11) is 0. The Bertz CT molecular complexity index is 685. The van der Waals surface area contributed by atoms with Gasteiger partial charge in [-0.3, -0.25) is 14.3 Å². The number of H-pyrrole nitrogens is 1. The fraction of sp³-hybridized carbons (Fsp3) is 0.692. The second-order valence-corrected chi connectivity index (χ2v) is 6.22. The predicted molar refractivity (Wildman–Crippen MR) is 78.6 cm³/mol.